The molecular weight excluding hydrogens is 390 g/mol. The lowest BCUT2D eigenvalue weighted by molar-refractivity contribution is -0.122. The van der Waals surface area contributed by atoms with Crippen molar-refractivity contribution < 1.29 is 9.59 Å². The van der Waals surface area contributed by atoms with Crippen LogP contribution in [0.15, 0.2) is 46.4 Å². The summed E-state index contributed by atoms with van der Waals surface area (Å²) in [6, 6.07) is 11.0. The summed E-state index contributed by atoms with van der Waals surface area (Å²) < 4.78 is 2.72. The largest absolute Gasteiger partial charge is 0.348 e. The van der Waals surface area contributed by atoms with Crippen molar-refractivity contribution in [2.75, 3.05) is 4.90 Å². The van der Waals surface area contributed by atoms with Crippen LogP contribution in [-0.4, -0.2) is 21.5 Å². The van der Waals surface area contributed by atoms with Crippen molar-refractivity contribution in [3.63, 3.8) is 0 Å². The molecule has 0 aliphatic carbocycles. The number of halogens is 1. The van der Waals surface area contributed by atoms with E-state index in [1.807, 2.05) is 36.7 Å². The van der Waals surface area contributed by atoms with Gasteiger partial charge in [0, 0.05) is 22.9 Å². The molecule has 7 heteroatoms. The SMILES string of the molecule is Cc1ccc(/C=C2\C(=O)NC(=S)N(c3cccc(Br)c3)C2=O)n1C. The fourth-order valence-corrected chi connectivity index (χ4v) is 3.10. The average Bonchev–Trinajstić information content (AvgIpc) is 2.83. The first kappa shape index (κ1) is 16.6. The van der Waals surface area contributed by atoms with Crippen LogP contribution >= 0.6 is 28.1 Å². The maximum absolute atomic E-state index is 12.9. The van der Waals surface area contributed by atoms with Crippen molar-refractivity contribution >= 4 is 56.8 Å². The number of nitrogens with one attached hydrogen (secondary N) is 1. The van der Waals surface area contributed by atoms with Crippen molar-refractivity contribution in [1.82, 2.24) is 9.88 Å². The summed E-state index contributed by atoms with van der Waals surface area (Å²) in [5, 5.41) is 2.65. The summed E-state index contributed by atoms with van der Waals surface area (Å²) in [6.07, 6.45) is 1.58. The van der Waals surface area contributed by atoms with Crippen LogP contribution in [0.5, 0.6) is 0 Å². The van der Waals surface area contributed by atoms with Gasteiger partial charge in [0.2, 0.25) is 0 Å². The number of nitrogens with zero attached hydrogens (tertiary/aromatic N) is 2. The van der Waals surface area contributed by atoms with Crippen molar-refractivity contribution in [2.24, 2.45) is 7.05 Å². The van der Waals surface area contributed by atoms with Gasteiger partial charge in [-0.05, 0) is 55.5 Å². The Morgan fingerprint density at radius 3 is 2.58 bits per heavy atom. The van der Waals surface area contributed by atoms with Gasteiger partial charge in [-0.25, -0.2) is 0 Å². The van der Waals surface area contributed by atoms with Gasteiger partial charge in [0.15, 0.2) is 5.11 Å². The van der Waals surface area contributed by atoms with Gasteiger partial charge >= 0.3 is 0 Å². The zero-order valence-corrected chi connectivity index (χ0v) is 15.4. The number of anilines is 1. The standard InChI is InChI=1S/C17H14BrN3O2S/c1-10-6-7-12(20(10)2)9-14-15(22)19-17(24)21(16(14)23)13-5-3-4-11(18)8-13/h3-9H,1-2H3,(H,19,22,24)/b14-9+. The van der Waals surface area contributed by atoms with Crippen molar-refractivity contribution in [2.45, 2.75) is 6.92 Å². The van der Waals surface area contributed by atoms with Crippen LogP contribution in [0.1, 0.15) is 11.4 Å². The highest BCUT2D eigenvalue weighted by Gasteiger charge is 2.34. The van der Waals surface area contributed by atoms with Gasteiger partial charge in [-0.2, -0.15) is 0 Å². The molecule has 1 aliphatic heterocycles. The molecule has 1 aromatic heterocycles. The summed E-state index contributed by atoms with van der Waals surface area (Å²) in [5.74, 6) is -0.934. The third kappa shape index (κ3) is 2.92. The zero-order valence-electron chi connectivity index (χ0n) is 13.0. The molecule has 24 heavy (non-hydrogen) atoms. The number of amides is 2. The second-order valence-electron chi connectivity index (χ2n) is 5.40. The van der Waals surface area contributed by atoms with Crippen LogP contribution in [0, 0.1) is 6.92 Å². The highest BCUT2D eigenvalue weighted by atomic mass is 79.9. The molecule has 0 bridgehead atoms. The third-order valence-corrected chi connectivity index (χ3v) is 4.65. The maximum Gasteiger partial charge on any atom is 0.270 e. The molecule has 1 N–H and O–H groups in total. The molecular formula is C17H14BrN3O2S. The quantitative estimate of drug-likeness (QED) is 0.476. The number of benzene rings is 1. The molecule has 2 heterocycles. The number of thiocarbonyl (C=S) groups is 1. The first-order chi connectivity index (χ1) is 11.4. The van der Waals surface area contributed by atoms with Crippen LogP contribution in [0.25, 0.3) is 6.08 Å². The lowest BCUT2D eigenvalue weighted by Gasteiger charge is -2.29. The molecule has 0 atom stereocenters. The predicted octanol–water partition coefficient (Wildman–Crippen LogP) is 2.93. The minimum Gasteiger partial charge on any atom is -0.348 e. The minimum absolute atomic E-state index is 0.0461. The van der Waals surface area contributed by atoms with E-state index in [1.165, 1.54) is 4.90 Å². The molecule has 0 spiro atoms. The van der Waals surface area contributed by atoms with Crippen LogP contribution in [0.4, 0.5) is 5.69 Å². The van der Waals surface area contributed by atoms with E-state index in [4.69, 9.17) is 12.2 Å². The molecule has 5 nitrogen and oxygen atoms in total. The second kappa shape index (κ2) is 6.33. The van der Waals surface area contributed by atoms with E-state index in [-0.39, 0.29) is 10.7 Å². The molecule has 0 unspecified atom stereocenters. The summed E-state index contributed by atoms with van der Waals surface area (Å²) in [6.45, 7) is 1.95. The Labute approximate surface area is 153 Å². The average molecular weight is 404 g/mol. The van der Waals surface area contributed by atoms with E-state index < -0.39 is 11.8 Å². The summed E-state index contributed by atoms with van der Waals surface area (Å²) in [5.41, 5.74) is 2.44. The normalized spacial score (nSPS) is 16.7. The molecule has 1 saturated heterocycles. The van der Waals surface area contributed by atoms with E-state index in [9.17, 15) is 9.59 Å². The fourth-order valence-electron chi connectivity index (χ4n) is 2.43. The predicted molar refractivity (Wildman–Crippen MR) is 100 cm³/mol. The van der Waals surface area contributed by atoms with E-state index in [1.54, 1.807) is 24.3 Å². The lowest BCUT2D eigenvalue weighted by Crippen LogP contribution is -2.54. The Bertz CT molecular complexity index is 901. The summed E-state index contributed by atoms with van der Waals surface area (Å²) in [7, 11) is 1.88. The summed E-state index contributed by atoms with van der Waals surface area (Å²) in [4.78, 5) is 26.4. The van der Waals surface area contributed by atoms with Gasteiger partial charge in [-0.15, -0.1) is 0 Å². The Hall–Kier alpha value is -2.25. The molecule has 122 valence electrons. The highest BCUT2D eigenvalue weighted by Crippen LogP contribution is 2.25. The highest BCUT2D eigenvalue weighted by molar-refractivity contribution is 9.10. The third-order valence-electron chi connectivity index (χ3n) is 3.87. The van der Waals surface area contributed by atoms with E-state index in [2.05, 4.69) is 21.2 Å². The van der Waals surface area contributed by atoms with Crippen molar-refractivity contribution in [3.8, 4) is 0 Å². The number of aromatic nitrogens is 1. The fraction of sp³-hybridized carbons (Fsp3) is 0.118. The van der Waals surface area contributed by atoms with Crippen LogP contribution in [0.2, 0.25) is 0 Å². The van der Waals surface area contributed by atoms with Gasteiger partial charge in [0.1, 0.15) is 5.57 Å². The molecule has 2 aromatic rings. The topological polar surface area (TPSA) is 54.3 Å². The Morgan fingerprint density at radius 1 is 1.21 bits per heavy atom. The maximum atomic E-state index is 12.9. The first-order valence-electron chi connectivity index (χ1n) is 7.18. The minimum atomic E-state index is -0.491. The van der Waals surface area contributed by atoms with Crippen LogP contribution in [-0.2, 0) is 16.6 Å². The Balaban J connectivity index is 2.05. The van der Waals surface area contributed by atoms with Gasteiger partial charge in [0.05, 0.1) is 5.69 Å². The van der Waals surface area contributed by atoms with Gasteiger partial charge in [-0.3, -0.25) is 19.8 Å². The smallest absolute Gasteiger partial charge is 0.270 e. The molecule has 3 rings (SSSR count). The van der Waals surface area contributed by atoms with Crippen LogP contribution < -0.4 is 10.2 Å². The van der Waals surface area contributed by atoms with E-state index in [0.717, 1.165) is 15.9 Å². The second-order valence-corrected chi connectivity index (χ2v) is 6.70. The molecule has 2 amide bonds. The lowest BCUT2D eigenvalue weighted by atomic mass is 10.1. The molecule has 0 saturated carbocycles. The first-order valence-corrected chi connectivity index (χ1v) is 8.38. The molecule has 0 radical (unpaired) electrons. The number of hydrogen-bond donors (Lipinski definition) is 1. The molecule has 1 fully saturated rings. The Morgan fingerprint density at radius 2 is 1.96 bits per heavy atom. The number of rotatable bonds is 2. The van der Waals surface area contributed by atoms with Gasteiger partial charge in [0.25, 0.3) is 11.8 Å². The van der Waals surface area contributed by atoms with Crippen molar-refractivity contribution in [3.05, 3.63) is 57.8 Å². The van der Waals surface area contributed by atoms with E-state index >= 15 is 0 Å². The number of carbonyl (C=O) groups excluding carboxylic acids is 2. The number of carbonyl (C=O) groups is 2. The van der Waals surface area contributed by atoms with Crippen molar-refractivity contribution in [1.29, 1.82) is 0 Å². The number of aryl methyl sites for hydroxylation is 1. The number of hydrogen-bond acceptors (Lipinski definition) is 3. The zero-order chi connectivity index (χ0) is 17.4. The van der Waals surface area contributed by atoms with E-state index in [0.29, 0.717) is 5.69 Å². The molecule has 1 aromatic carbocycles. The van der Waals surface area contributed by atoms with Crippen LogP contribution in [0.3, 0.4) is 0 Å². The van der Waals surface area contributed by atoms with Gasteiger partial charge in [-0.1, -0.05) is 22.0 Å². The van der Waals surface area contributed by atoms with Gasteiger partial charge < -0.3 is 4.57 Å². The Kier molecular flexibility index (Phi) is 4.38. The monoisotopic (exact) mass is 403 g/mol. The summed E-state index contributed by atoms with van der Waals surface area (Å²) >= 11 is 8.55. The molecule has 1 aliphatic rings.